The molecule has 0 saturated carbocycles. The zero-order valence-corrected chi connectivity index (χ0v) is 18.0. The molecule has 0 atom stereocenters. The zero-order valence-electron chi connectivity index (χ0n) is 16.5. The Morgan fingerprint density at radius 2 is 1.97 bits per heavy atom. The second kappa shape index (κ2) is 9.07. The molecule has 1 aliphatic rings. The highest BCUT2D eigenvalue weighted by Gasteiger charge is 2.22. The smallest absolute Gasteiger partial charge is 0.232 e. The molecule has 0 N–H and O–H groups in total. The van der Waals surface area contributed by atoms with Gasteiger partial charge in [0.25, 0.3) is 0 Å². The second-order valence-corrected chi connectivity index (χ2v) is 8.18. The molecule has 6 nitrogen and oxygen atoms in total. The van der Waals surface area contributed by atoms with Crippen LogP contribution in [0.15, 0.2) is 47.6 Å². The van der Waals surface area contributed by atoms with Gasteiger partial charge in [0.2, 0.25) is 5.95 Å². The summed E-state index contributed by atoms with van der Waals surface area (Å²) in [6.07, 6.45) is 0. The Balaban J connectivity index is 1.68. The van der Waals surface area contributed by atoms with Gasteiger partial charge >= 0.3 is 0 Å². The Morgan fingerprint density at radius 1 is 1.14 bits per heavy atom. The van der Waals surface area contributed by atoms with Crippen molar-refractivity contribution in [2.24, 2.45) is 0 Å². The number of nitrogens with zero attached hydrogens (tertiary/aromatic N) is 4. The third-order valence-electron chi connectivity index (χ3n) is 4.77. The van der Waals surface area contributed by atoms with Gasteiger partial charge in [-0.25, -0.2) is 0 Å². The number of rotatable bonds is 6. The minimum Gasteiger partial charge on any atom is -0.496 e. The predicted molar refractivity (Wildman–Crippen MR) is 117 cm³/mol. The first-order valence-corrected chi connectivity index (χ1v) is 10.8. The van der Waals surface area contributed by atoms with Crippen LogP contribution < -0.4 is 9.64 Å². The van der Waals surface area contributed by atoms with E-state index in [1.165, 1.54) is 5.56 Å². The summed E-state index contributed by atoms with van der Waals surface area (Å²) in [6.45, 7) is 5.09. The first-order valence-electron chi connectivity index (χ1n) is 9.46. The van der Waals surface area contributed by atoms with Crippen molar-refractivity contribution >= 4 is 29.3 Å². The molecule has 0 amide bonds. The summed E-state index contributed by atoms with van der Waals surface area (Å²) in [7, 11) is 1.67. The molecule has 1 saturated heterocycles. The van der Waals surface area contributed by atoms with E-state index < -0.39 is 0 Å². The molecule has 152 valence electrons. The monoisotopic (exact) mass is 430 g/mol. The normalized spacial score (nSPS) is 14.2. The van der Waals surface area contributed by atoms with Crippen LogP contribution in [-0.2, 0) is 10.5 Å². The highest BCUT2D eigenvalue weighted by atomic mass is 35.5. The van der Waals surface area contributed by atoms with Gasteiger partial charge in [-0.15, -0.1) is 10.2 Å². The molecule has 1 fully saturated rings. The van der Waals surface area contributed by atoms with E-state index in [0.717, 1.165) is 41.2 Å². The number of hydrogen-bond acceptors (Lipinski definition) is 6. The Hall–Kier alpha value is -2.22. The van der Waals surface area contributed by atoms with Crippen LogP contribution in [0.3, 0.4) is 0 Å². The summed E-state index contributed by atoms with van der Waals surface area (Å²) >= 11 is 7.81. The van der Waals surface area contributed by atoms with Gasteiger partial charge in [0.05, 0.1) is 26.0 Å². The Morgan fingerprint density at radius 3 is 2.72 bits per heavy atom. The maximum atomic E-state index is 6.19. The lowest BCUT2D eigenvalue weighted by Crippen LogP contribution is -2.37. The molecule has 2 heterocycles. The van der Waals surface area contributed by atoms with E-state index in [2.05, 4.69) is 50.9 Å². The molecule has 0 aliphatic carbocycles. The number of methoxy groups -OCH3 is 1. The summed E-state index contributed by atoms with van der Waals surface area (Å²) in [4.78, 5) is 2.23. The molecule has 8 heteroatoms. The SMILES string of the molecule is COc1ccc(Cl)cc1CSc1nnc(N2CCOCC2)n1-c1cccc(C)c1. The van der Waals surface area contributed by atoms with E-state index in [9.17, 15) is 0 Å². The zero-order chi connectivity index (χ0) is 20.2. The van der Waals surface area contributed by atoms with Crippen molar-refractivity contribution in [2.45, 2.75) is 17.8 Å². The highest BCUT2D eigenvalue weighted by Crippen LogP contribution is 2.33. The molecule has 4 rings (SSSR count). The van der Waals surface area contributed by atoms with E-state index in [4.69, 9.17) is 21.1 Å². The highest BCUT2D eigenvalue weighted by molar-refractivity contribution is 7.98. The quantitative estimate of drug-likeness (QED) is 0.541. The number of aromatic nitrogens is 3. The number of thioether (sulfide) groups is 1. The number of aryl methyl sites for hydroxylation is 1. The number of anilines is 1. The maximum Gasteiger partial charge on any atom is 0.232 e. The summed E-state index contributed by atoms with van der Waals surface area (Å²) in [5.74, 6) is 2.34. The number of benzene rings is 2. The van der Waals surface area contributed by atoms with Crippen molar-refractivity contribution in [3.63, 3.8) is 0 Å². The number of hydrogen-bond donors (Lipinski definition) is 0. The third kappa shape index (κ3) is 4.52. The predicted octanol–water partition coefficient (Wildman–Crippen LogP) is 4.37. The van der Waals surface area contributed by atoms with Crippen LogP contribution in [0.4, 0.5) is 5.95 Å². The van der Waals surface area contributed by atoms with E-state index in [-0.39, 0.29) is 0 Å². The van der Waals surface area contributed by atoms with Gasteiger partial charge in [-0.3, -0.25) is 4.57 Å². The molecule has 0 spiro atoms. The van der Waals surface area contributed by atoms with Crippen LogP contribution in [0.2, 0.25) is 5.02 Å². The summed E-state index contributed by atoms with van der Waals surface area (Å²) in [5, 5.41) is 10.6. The average molecular weight is 431 g/mol. The molecule has 29 heavy (non-hydrogen) atoms. The van der Waals surface area contributed by atoms with E-state index >= 15 is 0 Å². The van der Waals surface area contributed by atoms with Crippen LogP contribution >= 0.6 is 23.4 Å². The summed E-state index contributed by atoms with van der Waals surface area (Å²) in [5.41, 5.74) is 3.27. The molecule has 3 aromatic rings. The first-order chi connectivity index (χ1) is 14.2. The molecule has 0 unspecified atom stereocenters. The van der Waals surface area contributed by atoms with Gasteiger partial charge in [-0.05, 0) is 42.8 Å². The van der Waals surface area contributed by atoms with Gasteiger partial charge in [-0.1, -0.05) is 35.5 Å². The van der Waals surface area contributed by atoms with Gasteiger partial charge in [0.1, 0.15) is 5.75 Å². The van der Waals surface area contributed by atoms with Crippen molar-refractivity contribution in [1.29, 1.82) is 0 Å². The van der Waals surface area contributed by atoms with Gasteiger partial charge in [0.15, 0.2) is 5.16 Å². The summed E-state index contributed by atoms with van der Waals surface area (Å²) in [6, 6.07) is 14.0. The summed E-state index contributed by atoms with van der Waals surface area (Å²) < 4.78 is 13.1. The van der Waals surface area contributed by atoms with Crippen molar-refractivity contribution in [1.82, 2.24) is 14.8 Å². The maximum absolute atomic E-state index is 6.19. The third-order valence-corrected chi connectivity index (χ3v) is 5.98. The van der Waals surface area contributed by atoms with Crippen molar-refractivity contribution < 1.29 is 9.47 Å². The number of morpholine rings is 1. The molecule has 0 radical (unpaired) electrons. The molecular formula is C21H23ClN4O2S. The molecular weight excluding hydrogens is 408 g/mol. The van der Waals surface area contributed by atoms with Gasteiger partial charge in [0, 0.05) is 29.4 Å². The minimum atomic E-state index is 0.677. The van der Waals surface area contributed by atoms with E-state index in [1.807, 2.05) is 18.2 Å². The standard InChI is InChI=1S/C21H23ClN4O2S/c1-15-4-3-5-18(12-15)26-20(25-8-10-28-11-9-25)23-24-21(26)29-14-16-13-17(22)6-7-19(16)27-2/h3-7,12-13H,8-11,14H2,1-2H3. The van der Waals surface area contributed by atoms with Crippen molar-refractivity contribution in [2.75, 3.05) is 38.3 Å². The van der Waals surface area contributed by atoms with Crippen molar-refractivity contribution in [3.8, 4) is 11.4 Å². The number of ether oxygens (including phenoxy) is 2. The largest absolute Gasteiger partial charge is 0.496 e. The van der Waals surface area contributed by atoms with E-state index in [0.29, 0.717) is 24.0 Å². The average Bonchev–Trinajstić information content (AvgIpc) is 3.17. The van der Waals surface area contributed by atoms with Crippen molar-refractivity contribution in [3.05, 3.63) is 58.6 Å². The number of halogens is 1. The fourth-order valence-corrected chi connectivity index (χ4v) is 4.44. The molecule has 0 bridgehead atoms. The van der Waals surface area contributed by atoms with Gasteiger partial charge < -0.3 is 14.4 Å². The van der Waals surface area contributed by atoms with Crippen LogP contribution in [0.5, 0.6) is 5.75 Å². The van der Waals surface area contributed by atoms with Crippen LogP contribution in [-0.4, -0.2) is 48.2 Å². The molecule has 1 aromatic heterocycles. The van der Waals surface area contributed by atoms with Crippen LogP contribution in [0, 0.1) is 6.92 Å². The molecule has 1 aliphatic heterocycles. The van der Waals surface area contributed by atoms with E-state index in [1.54, 1.807) is 18.9 Å². The van der Waals surface area contributed by atoms with Gasteiger partial charge in [-0.2, -0.15) is 0 Å². The Labute approximate surface area is 179 Å². The Kier molecular flexibility index (Phi) is 6.28. The topological polar surface area (TPSA) is 52.4 Å². The fourth-order valence-electron chi connectivity index (χ4n) is 3.32. The minimum absolute atomic E-state index is 0.677. The lowest BCUT2D eigenvalue weighted by molar-refractivity contribution is 0.122. The fraction of sp³-hybridized carbons (Fsp3) is 0.333. The molecule has 2 aromatic carbocycles. The first kappa shape index (κ1) is 20.1. The second-order valence-electron chi connectivity index (χ2n) is 6.80. The van der Waals surface area contributed by atoms with Crippen LogP contribution in [0.25, 0.3) is 5.69 Å². The lowest BCUT2D eigenvalue weighted by Gasteiger charge is -2.28. The Bertz CT molecular complexity index is 989. The lowest BCUT2D eigenvalue weighted by atomic mass is 10.2. The van der Waals surface area contributed by atoms with Crippen LogP contribution in [0.1, 0.15) is 11.1 Å².